The monoisotopic (exact) mass is 479 g/mol. The Morgan fingerprint density at radius 3 is 2.61 bits per heavy atom. The van der Waals surface area contributed by atoms with E-state index in [4.69, 9.17) is 41.1 Å². The summed E-state index contributed by atoms with van der Waals surface area (Å²) in [5, 5.41) is 0.597. The second-order valence-corrected chi connectivity index (χ2v) is 9.57. The van der Waals surface area contributed by atoms with Gasteiger partial charge in [0.2, 0.25) is 5.95 Å². The van der Waals surface area contributed by atoms with Crippen LogP contribution < -0.4 is 21.9 Å². The molecular weight excluding hydrogens is 457 g/mol. The van der Waals surface area contributed by atoms with Gasteiger partial charge in [-0.05, 0) is 60.1 Å². The molecule has 33 heavy (non-hydrogen) atoms. The van der Waals surface area contributed by atoms with E-state index in [1.807, 2.05) is 12.1 Å². The highest BCUT2D eigenvalue weighted by Crippen LogP contribution is 2.51. The minimum Gasteiger partial charge on any atom is -0.369 e. The van der Waals surface area contributed by atoms with Crippen molar-refractivity contribution in [2.75, 3.05) is 23.7 Å². The van der Waals surface area contributed by atoms with Crippen molar-refractivity contribution in [1.29, 1.82) is 0 Å². The number of benzene rings is 2. The molecule has 0 unspecified atom stereocenters. The second kappa shape index (κ2) is 8.11. The molecule has 3 aromatic rings. The zero-order chi connectivity index (χ0) is 23.3. The van der Waals surface area contributed by atoms with E-state index in [0.29, 0.717) is 16.5 Å². The molecule has 6 nitrogen and oxygen atoms in total. The Morgan fingerprint density at radius 2 is 1.91 bits per heavy atom. The molecule has 2 aliphatic rings. The van der Waals surface area contributed by atoms with Gasteiger partial charge in [-0.3, -0.25) is 4.79 Å². The third-order valence-electron chi connectivity index (χ3n) is 7.04. The summed E-state index contributed by atoms with van der Waals surface area (Å²) in [5.74, 6) is 3.32. The van der Waals surface area contributed by atoms with Crippen LogP contribution in [-0.2, 0) is 6.42 Å². The first-order valence-electron chi connectivity index (χ1n) is 10.8. The van der Waals surface area contributed by atoms with Crippen LogP contribution in [0.2, 0.25) is 10.0 Å². The Morgan fingerprint density at radius 1 is 1.15 bits per heavy atom. The number of piperidine rings is 1. The maximum atomic E-state index is 13.0. The van der Waals surface area contributed by atoms with Gasteiger partial charge >= 0.3 is 0 Å². The second-order valence-electron chi connectivity index (χ2n) is 8.78. The van der Waals surface area contributed by atoms with Crippen LogP contribution in [0.25, 0.3) is 5.69 Å². The van der Waals surface area contributed by atoms with Crippen LogP contribution in [0.15, 0.2) is 47.3 Å². The molecule has 4 N–H and O–H groups in total. The molecule has 0 radical (unpaired) electrons. The van der Waals surface area contributed by atoms with Gasteiger partial charge in [-0.2, -0.15) is 4.98 Å². The van der Waals surface area contributed by atoms with Crippen molar-refractivity contribution < 1.29 is 0 Å². The predicted octanol–water partition coefficient (Wildman–Crippen LogP) is 3.95. The highest BCUT2D eigenvalue weighted by molar-refractivity contribution is 6.43. The van der Waals surface area contributed by atoms with Gasteiger partial charge in [0, 0.05) is 30.8 Å². The van der Waals surface area contributed by atoms with E-state index in [-0.39, 0.29) is 28.0 Å². The number of halogens is 2. The molecule has 0 bridgehead atoms. The van der Waals surface area contributed by atoms with E-state index in [9.17, 15) is 4.79 Å². The van der Waals surface area contributed by atoms with Crippen molar-refractivity contribution in [1.82, 2.24) is 9.55 Å². The van der Waals surface area contributed by atoms with Crippen molar-refractivity contribution in [3.05, 3.63) is 79.6 Å². The number of hydrogen-bond acceptors (Lipinski definition) is 5. The summed E-state index contributed by atoms with van der Waals surface area (Å²) in [4.78, 5) is 19.6. The first-order valence-corrected chi connectivity index (χ1v) is 11.5. The summed E-state index contributed by atoms with van der Waals surface area (Å²) in [7, 11) is 0. The van der Waals surface area contributed by atoms with E-state index in [2.05, 4.69) is 21.9 Å². The Kier molecular flexibility index (Phi) is 5.37. The number of nitrogens with zero attached hydrogens (tertiary/aromatic N) is 3. The maximum absolute atomic E-state index is 13.0. The summed E-state index contributed by atoms with van der Waals surface area (Å²) in [6, 6.07) is 12.6. The number of hydrogen-bond donors (Lipinski definition) is 2. The van der Waals surface area contributed by atoms with Crippen LogP contribution in [0.5, 0.6) is 0 Å². The van der Waals surface area contributed by atoms with Crippen molar-refractivity contribution in [3.8, 4) is 18.0 Å². The zero-order valence-electron chi connectivity index (χ0n) is 17.9. The minimum atomic E-state index is -0.311. The van der Waals surface area contributed by atoms with E-state index in [0.717, 1.165) is 43.5 Å². The number of fused-ring (bicyclic) bond motifs is 1. The van der Waals surface area contributed by atoms with Gasteiger partial charge in [-0.15, -0.1) is 6.42 Å². The molecular formula is C25H23Cl2N5O. The van der Waals surface area contributed by atoms with E-state index >= 15 is 0 Å². The molecule has 1 aliphatic heterocycles. The van der Waals surface area contributed by atoms with Gasteiger partial charge < -0.3 is 16.4 Å². The van der Waals surface area contributed by atoms with Crippen molar-refractivity contribution >= 4 is 35.0 Å². The lowest BCUT2D eigenvalue weighted by Crippen LogP contribution is -2.45. The Hall–Kier alpha value is -2.98. The fourth-order valence-electron chi connectivity index (χ4n) is 5.18. The Balaban J connectivity index is 1.39. The predicted molar refractivity (Wildman–Crippen MR) is 133 cm³/mol. The molecule has 8 heteroatoms. The summed E-state index contributed by atoms with van der Waals surface area (Å²) < 4.78 is 1.27. The molecule has 1 aliphatic carbocycles. The zero-order valence-corrected chi connectivity index (χ0v) is 19.4. The molecule has 1 saturated heterocycles. The van der Waals surface area contributed by atoms with Gasteiger partial charge in [-0.1, -0.05) is 41.3 Å². The first-order chi connectivity index (χ1) is 15.8. The van der Waals surface area contributed by atoms with Gasteiger partial charge in [0.05, 0.1) is 15.7 Å². The minimum absolute atomic E-state index is 0.0130. The molecule has 1 atom stereocenters. The van der Waals surface area contributed by atoms with Crippen LogP contribution in [-0.4, -0.2) is 22.6 Å². The summed E-state index contributed by atoms with van der Waals surface area (Å²) in [6.45, 7) is 1.47. The van der Waals surface area contributed by atoms with E-state index in [1.54, 1.807) is 18.2 Å². The normalized spacial score (nSPS) is 18.8. The standard InChI is InChI=1S/C25H23Cl2N5O/c1-2-15-6-7-16-14-25(23(28)17(16)12-15)8-10-31(11-9-25)20-13-21(33)32(24(29)30-20)19-5-3-4-18(26)22(19)27/h1,3-7,12-13,23H,8-11,14,28H2,(H2,29,30)/t23-/m1/s1. The molecule has 5 rings (SSSR count). The molecule has 0 saturated carbocycles. The molecule has 1 spiro atoms. The number of nitrogens with two attached hydrogens (primary N) is 2. The van der Waals surface area contributed by atoms with Crippen LogP contribution >= 0.6 is 23.2 Å². The first kappa shape index (κ1) is 21.8. The molecule has 2 heterocycles. The number of anilines is 2. The van der Waals surface area contributed by atoms with Gasteiger partial charge in [0.15, 0.2) is 0 Å². The van der Waals surface area contributed by atoms with E-state index in [1.165, 1.54) is 16.2 Å². The van der Waals surface area contributed by atoms with Gasteiger partial charge in [-0.25, -0.2) is 4.57 Å². The Bertz CT molecular complexity index is 1350. The van der Waals surface area contributed by atoms with Crippen molar-refractivity contribution in [2.24, 2.45) is 11.1 Å². The highest BCUT2D eigenvalue weighted by Gasteiger charge is 2.46. The number of terminal acetylenes is 1. The van der Waals surface area contributed by atoms with Crippen molar-refractivity contribution in [3.63, 3.8) is 0 Å². The van der Waals surface area contributed by atoms with Crippen LogP contribution in [0.1, 0.15) is 35.6 Å². The lowest BCUT2D eigenvalue weighted by molar-refractivity contribution is 0.187. The third kappa shape index (κ3) is 3.57. The number of rotatable bonds is 2. The molecule has 168 valence electrons. The summed E-state index contributed by atoms with van der Waals surface area (Å²) >= 11 is 12.4. The lowest BCUT2D eigenvalue weighted by Gasteiger charge is -2.42. The quantitative estimate of drug-likeness (QED) is 0.543. The van der Waals surface area contributed by atoms with Crippen LogP contribution in [0, 0.1) is 17.8 Å². The Labute approximate surface area is 202 Å². The highest BCUT2D eigenvalue weighted by atomic mass is 35.5. The maximum Gasteiger partial charge on any atom is 0.261 e. The largest absolute Gasteiger partial charge is 0.369 e. The third-order valence-corrected chi connectivity index (χ3v) is 7.85. The fourth-order valence-corrected chi connectivity index (χ4v) is 5.56. The summed E-state index contributed by atoms with van der Waals surface area (Å²) in [5.41, 5.74) is 16.3. The topological polar surface area (TPSA) is 90.2 Å². The average Bonchev–Trinajstić information content (AvgIpc) is 3.07. The van der Waals surface area contributed by atoms with Crippen LogP contribution in [0.4, 0.5) is 11.8 Å². The molecule has 1 fully saturated rings. The molecule has 1 aromatic heterocycles. The molecule has 0 amide bonds. The average molecular weight is 480 g/mol. The molecule has 2 aromatic carbocycles. The number of nitrogen functional groups attached to an aromatic ring is 1. The van der Waals surface area contributed by atoms with Crippen LogP contribution in [0.3, 0.4) is 0 Å². The number of aromatic nitrogens is 2. The fraction of sp³-hybridized carbons (Fsp3) is 0.280. The summed E-state index contributed by atoms with van der Waals surface area (Å²) in [6.07, 6.45) is 8.29. The SMILES string of the molecule is C#Cc1ccc2c(c1)[C@@H](N)C1(CCN(c3cc(=O)n(-c4cccc(Cl)c4Cl)c(N)n3)CC1)C2. The van der Waals surface area contributed by atoms with E-state index < -0.39 is 0 Å². The van der Waals surface area contributed by atoms with Gasteiger partial charge in [0.1, 0.15) is 5.82 Å². The lowest BCUT2D eigenvalue weighted by atomic mass is 9.73. The van der Waals surface area contributed by atoms with Crippen molar-refractivity contribution in [2.45, 2.75) is 25.3 Å². The van der Waals surface area contributed by atoms with Gasteiger partial charge in [0.25, 0.3) is 5.56 Å². The smallest absolute Gasteiger partial charge is 0.261 e.